The number of hydrogen-bond acceptors (Lipinski definition) is 6. The molecule has 0 radical (unpaired) electrons. The van der Waals surface area contributed by atoms with E-state index >= 15 is 0 Å². The minimum atomic E-state index is -0.845. The van der Waals surface area contributed by atoms with Gasteiger partial charge in [-0.2, -0.15) is 4.98 Å². The molecule has 0 bridgehead atoms. The normalized spacial score (nSPS) is 21.4. The van der Waals surface area contributed by atoms with Crippen molar-refractivity contribution in [1.29, 1.82) is 0 Å². The Morgan fingerprint density at radius 1 is 1.33 bits per heavy atom. The molecule has 1 aliphatic carbocycles. The molecule has 2 atom stereocenters. The molecular formula is C14H14N4O3. The molecule has 0 saturated carbocycles. The molecule has 0 spiro atoms. The van der Waals surface area contributed by atoms with Gasteiger partial charge in [0.15, 0.2) is 0 Å². The topological polar surface area (TPSA) is 102 Å². The van der Waals surface area contributed by atoms with Gasteiger partial charge in [0.25, 0.3) is 0 Å². The Morgan fingerprint density at radius 3 is 2.90 bits per heavy atom. The number of rotatable bonds is 3. The molecule has 21 heavy (non-hydrogen) atoms. The third-order valence-electron chi connectivity index (χ3n) is 3.51. The molecule has 2 heterocycles. The van der Waals surface area contributed by atoms with Crippen LogP contribution >= 0.6 is 0 Å². The fourth-order valence-electron chi connectivity index (χ4n) is 2.43. The van der Waals surface area contributed by atoms with Crippen molar-refractivity contribution in [2.75, 3.05) is 0 Å². The van der Waals surface area contributed by atoms with Crippen molar-refractivity contribution in [2.24, 2.45) is 5.92 Å². The molecule has 0 aliphatic heterocycles. The number of aromatic nitrogens is 4. The van der Waals surface area contributed by atoms with Gasteiger partial charge in [0.2, 0.25) is 11.7 Å². The van der Waals surface area contributed by atoms with Crippen LogP contribution in [0.3, 0.4) is 0 Å². The Morgan fingerprint density at radius 2 is 2.14 bits per heavy atom. The van der Waals surface area contributed by atoms with Gasteiger partial charge >= 0.3 is 5.97 Å². The summed E-state index contributed by atoms with van der Waals surface area (Å²) in [6.07, 6.45) is 6.51. The van der Waals surface area contributed by atoms with Crippen molar-refractivity contribution in [1.82, 2.24) is 20.1 Å². The van der Waals surface area contributed by atoms with Crippen molar-refractivity contribution in [3.63, 3.8) is 0 Å². The molecule has 0 aromatic carbocycles. The van der Waals surface area contributed by atoms with E-state index in [2.05, 4.69) is 20.1 Å². The summed E-state index contributed by atoms with van der Waals surface area (Å²) in [5.74, 6) is -0.357. The van der Waals surface area contributed by atoms with Crippen LogP contribution in [0.2, 0.25) is 0 Å². The zero-order valence-electron chi connectivity index (χ0n) is 11.4. The van der Waals surface area contributed by atoms with E-state index in [0.717, 1.165) is 0 Å². The first kappa shape index (κ1) is 13.4. The Kier molecular flexibility index (Phi) is 3.47. The van der Waals surface area contributed by atoms with Gasteiger partial charge in [-0.1, -0.05) is 17.3 Å². The molecule has 7 nitrogen and oxygen atoms in total. The second-order valence-corrected chi connectivity index (χ2v) is 4.94. The molecule has 1 aliphatic rings. The summed E-state index contributed by atoms with van der Waals surface area (Å²) in [5, 5.41) is 13.2. The molecule has 0 saturated heterocycles. The van der Waals surface area contributed by atoms with E-state index in [4.69, 9.17) is 4.52 Å². The van der Waals surface area contributed by atoms with E-state index in [9.17, 15) is 9.90 Å². The predicted octanol–water partition coefficient (Wildman–Crippen LogP) is 1.97. The Balaban J connectivity index is 1.91. The average Bonchev–Trinajstić information content (AvgIpc) is 2.97. The van der Waals surface area contributed by atoms with Gasteiger partial charge < -0.3 is 9.63 Å². The van der Waals surface area contributed by atoms with Crippen LogP contribution in [0.5, 0.6) is 0 Å². The van der Waals surface area contributed by atoms with Crippen LogP contribution < -0.4 is 0 Å². The highest BCUT2D eigenvalue weighted by atomic mass is 16.5. The van der Waals surface area contributed by atoms with E-state index in [1.165, 1.54) is 0 Å². The van der Waals surface area contributed by atoms with E-state index in [0.29, 0.717) is 36.1 Å². The molecule has 0 amide bonds. The third kappa shape index (κ3) is 2.67. The third-order valence-corrected chi connectivity index (χ3v) is 3.51. The lowest BCUT2D eigenvalue weighted by Crippen LogP contribution is -2.23. The molecule has 1 N–H and O–H groups in total. The highest BCUT2D eigenvalue weighted by molar-refractivity contribution is 5.71. The van der Waals surface area contributed by atoms with E-state index in [-0.39, 0.29) is 5.92 Å². The van der Waals surface area contributed by atoms with Crippen molar-refractivity contribution in [2.45, 2.75) is 25.7 Å². The van der Waals surface area contributed by atoms with Crippen molar-refractivity contribution < 1.29 is 14.4 Å². The van der Waals surface area contributed by atoms with Crippen molar-refractivity contribution in [3.8, 4) is 11.5 Å². The van der Waals surface area contributed by atoms with E-state index < -0.39 is 11.9 Å². The van der Waals surface area contributed by atoms with Crippen molar-refractivity contribution in [3.05, 3.63) is 36.1 Å². The maximum absolute atomic E-state index is 11.3. The molecule has 2 aromatic rings. The average molecular weight is 286 g/mol. The van der Waals surface area contributed by atoms with Gasteiger partial charge in [0, 0.05) is 6.20 Å². The first-order valence-corrected chi connectivity index (χ1v) is 6.66. The second-order valence-electron chi connectivity index (χ2n) is 4.94. The molecular weight excluding hydrogens is 272 g/mol. The molecule has 0 fully saturated rings. The summed E-state index contributed by atoms with van der Waals surface area (Å²) in [6.45, 7) is 1.77. The lowest BCUT2D eigenvalue weighted by atomic mass is 9.83. The van der Waals surface area contributed by atoms with Gasteiger partial charge in [0.1, 0.15) is 11.5 Å². The van der Waals surface area contributed by atoms with Crippen LogP contribution in [0.25, 0.3) is 11.5 Å². The highest BCUT2D eigenvalue weighted by Gasteiger charge is 2.34. The molecule has 2 unspecified atom stereocenters. The van der Waals surface area contributed by atoms with Gasteiger partial charge in [-0.25, -0.2) is 9.97 Å². The molecule has 108 valence electrons. The summed E-state index contributed by atoms with van der Waals surface area (Å²) in [6, 6.07) is 1.69. The summed E-state index contributed by atoms with van der Waals surface area (Å²) in [5.41, 5.74) is 0.565. The number of aryl methyl sites for hydroxylation is 1. The first-order chi connectivity index (χ1) is 10.1. The smallest absolute Gasteiger partial charge is 0.307 e. The van der Waals surface area contributed by atoms with Crippen LogP contribution in [-0.4, -0.2) is 31.2 Å². The maximum Gasteiger partial charge on any atom is 0.307 e. The monoisotopic (exact) mass is 286 g/mol. The maximum atomic E-state index is 11.3. The summed E-state index contributed by atoms with van der Waals surface area (Å²) in [4.78, 5) is 23.9. The Labute approximate surface area is 120 Å². The molecule has 2 aromatic heterocycles. The second kappa shape index (κ2) is 5.43. The Bertz CT molecular complexity index is 695. The van der Waals surface area contributed by atoms with Crippen LogP contribution in [0.15, 0.2) is 28.9 Å². The van der Waals surface area contributed by atoms with Gasteiger partial charge in [-0.05, 0) is 25.8 Å². The first-order valence-electron chi connectivity index (χ1n) is 6.66. The summed E-state index contributed by atoms with van der Waals surface area (Å²) < 4.78 is 5.26. The minimum absolute atomic E-state index is 0.295. The fraction of sp³-hybridized carbons (Fsp3) is 0.357. The zero-order chi connectivity index (χ0) is 14.8. The molecule has 7 heteroatoms. The van der Waals surface area contributed by atoms with Crippen LogP contribution in [0, 0.1) is 12.8 Å². The number of hydrogen-bond donors (Lipinski definition) is 1. The number of carboxylic acids is 1. The quantitative estimate of drug-likeness (QED) is 0.860. The van der Waals surface area contributed by atoms with Gasteiger partial charge in [-0.15, -0.1) is 0 Å². The van der Waals surface area contributed by atoms with Crippen LogP contribution in [-0.2, 0) is 4.79 Å². The zero-order valence-corrected chi connectivity index (χ0v) is 11.4. The number of carbonyl (C=O) groups is 1. The number of carboxylic acid groups (broad SMARTS) is 1. The largest absolute Gasteiger partial charge is 0.481 e. The SMILES string of the molecule is Cc1nccc(-c2noc(C3CC=CCC3C(=O)O)n2)n1. The van der Waals surface area contributed by atoms with Gasteiger partial charge in [0.05, 0.1) is 11.8 Å². The highest BCUT2D eigenvalue weighted by Crippen LogP contribution is 2.34. The number of aliphatic carboxylic acids is 1. The predicted molar refractivity (Wildman–Crippen MR) is 72.3 cm³/mol. The Hall–Kier alpha value is -2.57. The van der Waals surface area contributed by atoms with Gasteiger partial charge in [-0.3, -0.25) is 4.79 Å². The van der Waals surface area contributed by atoms with Crippen molar-refractivity contribution >= 4 is 5.97 Å². The fourth-order valence-corrected chi connectivity index (χ4v) is 2.43. The number of nitrogens with zero attached hydrogens (tertiary/aromatic N) is 4. The van der Waals surface area contributed by atoms with Crippen LogP contribution in [0.1, 0.15) is 30.5 Å². The van der Waals surface area contributed by atoms with E-state index in [1.54, 1.807) is 19.2 Å². The lowest BCUT2D eigenvalue weighted by Gasteiger charge is -2.21. The molecule has 3 rings (SSSR count). The summed E-state index contributed by atoms with van der Waals surface area (Å²) >= 11 is 0. The number of allylic oxidation sites excluding steroid dienone is 2. The summed E-state index contributed by atoms with van der Waals surface area (Å²) in [7, 11) is 0. The minimum Gasteiger partial charge on any atom is -0.481 e. The lowest BCUT2D eigenvalue weighted by molar-refractivity contribution is -0.142. The standard InChI is InChI=1S/C14H14N4O3/c1-8-15-7-6-11(16-8)12-17-13(21-18-12)9-4-2-3-5-10(9)14(19)20/h2-3,6-7,9-10H,4-5H2,1H3,(H,19,20). The van der Waals surface area contributed by atoms with E-state index in [1.807, 2.05) is 12.2 Å². The van der Waals surface area contributed by atoms with Crippen LogP contribution in [0.4, 0.5) is 0 Å².